The van der Waals surface area contributed by atoms with E-state index in [1.54, 1.807) is 0 Å². The standard InChI is InChI=1S/C13H28O2/c1-6-11(5)10-12(14)13(7-2,8-3)15-9-4/h11-12,14H,6-10H2,1-5H3. The lowest BCUT2D eigenvalue weighted by molar-refractivity contribution is -0.130. The second-order valence-electron chi connectivity index (χ2n) is 4.47. The summed E-state index contributed by atoms with van der Waals surface area (Å²) in [5.41, 5.74) is -0.321. The summed E-state index contributed by atoms with van der Waals surface area (Å²) < 4.78 is 5.79. The van der Waals surface area contributed by atoms with E-state index in [1.165, 1.54) is 0 Å². The molecule has 0 bridgehead atoms. The molecule has 0 rings (SSSR count). The molecule has 1 N–H and O–H groups in total. The Labute approximate surface area is 95.0 Å². The molecule has 0 spiro atoms. The van der Waals surface area contributed by atoms with E-state index in [2.05, 4.69) is 27.7 Å². The van der Waals surface area contributed by atoms with Gasteiger partial charge in [-0.1, -0.05) is 34.1 Å². The summed E-state index contributed by atoms with van der Waals surface area (Å²) in [6.45, 7) is 11.2. The van der Waals surface area contributed by atoms with Crippen LogP contribution < -0.4 is 0 Å². The number of rotatable bonds is 8. The molecule has 0 aromatic rings. The van der Waals surface area contributed by atoms with E-state index in [9.17, 15) is 5.11 Å². The van der Waals surface area contributed by atoms with Crippen molar-refractivity contribution >= 4 is 0 Å². The average Bonchev–Trinajstić information content (AvgIpc) is 2.25. The molecular formula is C13H28O2. The van der Waals surface area contributed by atoms with Crippen LogP contribution in [-0.2, 0) is 4.74 Å². The van der Waals surface area contributed by atoms with Crippen LogP contribution in [0.5, 0.6) is 0 Å². The van der Waals surface area contributed by atoms with Crippen LogP contribution in [0.1, 0.15) is 60.3 Å². The van der Waals surface area contributed by atoms with Crippen molar-refractivity contribution in [3.63, 3.8) is 0 Å². The molecule has 0 aromatic carbocycles. The molecule has 0 amide bonds. The second-order valence-corrected chi connectivity index (χ2v) is 4.47. The molecule has 92 valence electrons. The maximum absolute atomic E-state index is 10.3. The lowest BCUT2D eigenvalue weighted by atomic mass is 9.84. The molecule has 0 aliphatic carbocycles. The molecule has 0 aliphatic heterocycles. The van der Waals surface area contributed by atoms with Gasteiger partial charge in [0.2, 0.25) is 0 Å². The normalized spacial score (nSPS) is 16.4. The third-order valence-electron chi connectivity index (χ3n) is 3.56. The van der Waals surface area contributed by atoms with E-state index in [4.69, 9.17) is 4.74 Å². The number of ether oxygens (including phenoxy) is 1. The monoisotopic (exact) mass is 216 g/mol. The van der Waals surface area contributed by atoms with Crippen LogP contribution >= 0.6 is 0 Å². The lowest BCUT2D eigenvalue weighted by Crippen LogP contribution is -2.44. The van der Waals surface area contributed by atoms with E-state index < -0.39 is 0 Å². The largest absolute Gasteiger partial charge is 0.390 e. The molecule has 0 fully saturated rings. The minimum atomic E-state index is -0.331. The summed E-state index contributed by atoms with van der Waals surface area (Å²) in [5, 5.41) is 10.3. The van der Waals surface area contributed by atoms with Crippen molar-refractivity contribution in [3.05, 3.63) is 0 Å². The Kier molecular flexibility index (Phi) is 7.20. The minimum Gasteiger partial charge on any atom is -0.390 e. The van der Waals surface area contributed by atoms with Gasteiger partial charge in [0, 0.05) is 6.61 Å². The van der Waals surface area contributed by atoms with E-state index in [0.29, 0.717) is 12.5 Å². The third kappa shape index (κ3) is 4.12. The van der Waals surface area contributed by atoms with Crippen LogP contribution in [0.2, 0.25) is 0 Å². The Bertz CT molecular complexity index is 153. The zero-order valence-corrected chi connectivity index (χ0v) is 11.0. The third-order valence-corrected chi connectivity index (χ3v) is 3.56. The van der Waals surface area contributed by atoms with Crippen LogP contribution in [0.15, 0.2) is 0 Å². The molecular weight excluding hydrogens is 188 g/mol. The molecule has 0 aromatic heterocycles. The number of aliphatic hydroxyl groups excluding tert-OH is 1. The Hall–Kier alpha value is -0.0800. The van der Waals surface area contributed by atoms with Crippen molar-refractivity contribution in [2.45, 2.75) is 72.0 Å². The highest BCUT2D eigenvalue weighted by molar-refractivity contribution is 4.87. The van der Waals surface area contributed by atoms with Crippen LogP contribution in [0.25, 0.3) is 0 Å². The van der Waals surface area contributed by atoms with Gasteiger partial charge in [-0.25, -0.2) is 0 Å². The first-order valence-electron chi connectivity index (χ1n) is 6.38. The van der Waals surface area contributed by atoms with Gasteiger partial charge in [0.25, 0.3) is 0 Å². The number of hydrogen-bond acceptors (Lipinski definition) is 2. The molecule has 0 aliphatic rings. The summed E-state index contributed by atoms with van der Waals surface area (Å²) in [6.07, 6.45) is 3.40. The van der Waals surface area contributed by atoms with Gasteiger partial charge < -0.3 is 9.84 Å². The molecule has 0 saturated carbocycles. The predicted molar refractivity (Wildman–Crippen MR) is 65.0 cm³/mol. The maximum Gasteiger partial charge on any atom is 0.0934 e. The highest BCUT2D eigenvalue weighted by Crippen LogP contribution is 2.29. The Morgan fingerprint density at radius 2 is 1.67 bits per heavy atom. The van der Waals surface area contributed by atoms with Gasteiger partial charge in [-0.05, 0) is 32.1 Å². The van der Waals surface area contributed by atoms with Crippen molar-refractivity contribution in [1.29, 1.82) is 0 Å². The summed E-state index contributed by atoms with van der Waals surface area (Å²) in [7, 11) is 0. The first-order valence-corrected chi connectivity index (χ1v) is 6.38. The van der Waals surface area contributed by atoms with Crippen LogP contribution in [-0.4, -0.2) is 23.4 Å². The summed E-state index contributed by atoms with van der Waals surface area (Å²) in [4.78, 5) is 0. The summed E-state index contributed by atoms with van der Waals surface area (Å²) in [5.74, 6) is 0.568. The van der Waals surface area contributed by atoms with E-state index in [-0.39, 0.29) is 11.7 Å². The average molecular weight is 216 g/mol. The van der Waals surface area contributed by atoms with Gasteiger partial charge in [-0.2, -0.15) is 0 Å². The zero-order valence-electron chi connectivity index (χ0n) is 11.0. The van der Waals surface area contributed by atoms with Gasteiger partial charge in [0.05, 0.1) is 11.7 Å². The van der Waals surface area contributed by atoms with Crippen molar-refractivity contribution in [1.82, 2.24) is 0 Å². The molecule has 0 heterocycles. The van der Waals surface area contributed by atoms with E-state index in [1.807, 2.05) is 6.92 Å². The van der Waals surface area contributed by atoms with Gasteiger partial charge >= 0.3 is 0 Å². The van der Waals surface area contributed by atoms with Gasteiger partial charge in [0.15, 0.2) is 0 Å². The number of hydrogen-bond donors (Lipinski definition) is 1. The molecule has 15 heavy (non-hydrogen) atoms. The predicted octanol–water partition coefficient (Wildman–Crippen LogP) is 3.38. The topological polar surface area (TPSA) is 29.5 Å². The second kappa shape index (κ2) is 7.24. The molecule has 2 atom stereocenters. The van der Waals surface area contributed by atoms with Crippen molar-refractivity contribution in [2.75, 3.05) is 6.61 Å². The van der Waals surface area contributed by atoms with E-state index >= 15 is 0 Å². The molecule has 2 heteroatoms. The Morgan fingerprint density at radius 1 is 1.13 bits per heavy atom. The fourth-order valence-corrected chi connectivity index (χ4v) is 2.07. The highest BCUT2D eigenvalue weighted by Gasteiger charge is 2.35. The van der Waals surface area contributed by atoms with Crippen molar-refractivity contribution < 1.29 is 9.84 Å². The van der Waals surface area contributed by atoms with Crippen molar-refractivity contribution in [2.24, 2.45) is 5.92 Å². The molecule has 2 nitrogen and oxygen atoms in total. The van der Waals surface area contributed by atoms with Crippen LogP contribution in [0, 0.1) is 5.92 Å². The Balaban J connectivity index is 4.45. The van der Waals surface area contributed by atoms with Crippen LogP contribution in [0.4, 0.5) is 0 Å². The first-order chi connectivity index (χ1) is 7.06. The molecule has 0 saturated heterocycles. The van der Waals surface area contributed by atoms with Gasteiger partial charge in [-0.3, -0.25) is 0 Å². The van der Waals surface area contributed by atoms with Gasteiger partial charge in [-0.15, -0.1) is 0 Å². The van der Waals surface area contributed by atoms with Crippen molar-refractivity contribution in [3.8, 4) is 0 Å². The highest BCUT2D eigenvalue weighted by atomic mass is 16.5. The minimum absolute atomic E-state index is 0.321. The first kappa shape index (κ1) is 14.9. The van der Waals surface area contributed by atoms with Crippen LogP contribution in [0.3, 0.4) is 0 Å². The quantitative estimate of drug-likeness (QED) is 0.674. The lowest BCUT2D eigenvalue weighted by Gasteiger charge is -2.37. The fraction of sp³-hybridized carbons (Fsp3) is 1.00. The molecule has 2 unspecified atom stereocenters. The SMILES string of the molecule is CCOC(CC)(CC)C(O)CC(C)CC. The zero-order chi connectivity index (χ0) is 11.9. The molecule has 0 radical (unpaired) electrons. The fourth-order valence-electron chi connectivity index (χ4n) is 2.07. The summed E-state index contributed by atoms with van der Waals surface area (Å²) in [6, 6.07) is 0. The maximum atomic E-state index is 10.3. The number of aliphatic hydroxyl groups is 1. The van der Waals surface area contributed by atoms with E-state index in [0.717, 1.165) is 25.7 Å². The summed E-state index contributed by atoms with van der Waals surface area (Å²) >= 11 is 0. The Morgan fingerprint density at radius 3 is 2.00 bits per heavy atom. The van der Waals surface area contributed by atoms with Gasteiger partial charge in [0.1, 0.15) is 0 Å². The smallest absolute Gasteiger partial charge is 0.0934 e.